The van der Waals surface area contributed by atoms with Crippen molar-refractivity contribution in [3.05, 3.63) is 98.3 Å². The zero-order valence-corrected chi connectivity index (χ0v) is 21.3. The Labute approximate surface area is 225 Å². The van der Waals surface area contributed by atoms with Crippen molar-refractivity contribution in [2.45, 2.75) is 6.54 Å². The van der Waals surface area contributed by atoms with Crippen LogP contribution in [-0.4, -0.2) is 31.3 Å². The minimum atomic E-state index is -0.379. The van der Waals surface area contributed by atoms with E-state index in [9.17, 15) is 9.59 Å². The van der Waals surface area contributed by atoms with E-state index in [2.05, 4.69) is 4.98 Å². The van der Waals surface area contributed by atoms with E-state index in [1.807, 2.05) is 12.1 Å². The van der Waals surface area contributed by atoms with E-state index in [4.69, 9.17) is 38.0 Å². The van der Waals surface area contributed by atoms with Crippen molar-refractivity contribution in [1.29, 1.82) is 0 Å². The van der Waals surface area contributed by atoms with Crippen molar-refractivity contribution in [3.63, 3.8) is 0 Å². The molecule has 0 N–H and O–H groups in total. The molecule has 2 aliphatic rings. The normalized spacial score (nSPS) is 15.7. The van der Waals surface area contributed by atoms with E-state index in [-0.39, 0.29) is 36.2 Å². The lowest BCUT2D eigenvalue weighted by atomic mass is 10.2. The Hall–Kier alpha value is -3.86. The van der Waals surface area contributed by atoms with E-state index in [1.165, 1.54) is 15.4 Å². The van der Waals surface area contributed by atoms with Crippen LogP contribution in [0.1, 0.15) is 11.1 Å². The van der Waals surface area contributed by atoms with Crippen molar-refractivity contribution in [2.24, 2.45) is 0 Å². The van der Waals surface area contributed by atoms with Gasteiger partial charge in [0.25, 0.3) is 11.5 Å². The van der Waals surface area contributed by atoms with Gasteiger partial charge in [0.05, 0.1) is 11.4 Å². The average molecular weight is 550 g/mol. The second-order valence-corrected chi connectivity index (χ2v) is 10.2. The maximum Gasteiger partial charge on any atom is 0.269 e. The number of nitrogens with zero attached hydrogens (tertiary/aromatic N) is 3. The Bertz CT molecular complexity index is 1670. The quantitative estimate of drug-likeness (QED) is 0.246. The molecule has 0 spiro atoms. The van der Waals surface area contributed by atoms with E-state index in [1.54, 1.807) is 54.7 Å². The fraction of sp³-hybridized carbons (Fsp3) is 0.0769. The molecular weight excluding hydrogens is 534 g/mol. The van der Waals surface area contributed by atoms with Crippen LogP contribution in [0.25, 0.3) is 11.7 Å². The van der Waals surface area contributed by atoms with Crippen LogP contribution in [0, 0.1) is 0 Å². The number of hydrogen-bond donors (Lipinski definition) is 0. The fourth-order valence-corrected chi connectivity index (χ4v) is 5.25. The summed E-state index contributed by atoms with van der Waals surface area (Å²) >= 11 is 12.6. The standard InChI is InChI=1S/C26H16ClN3O5S2/c27-16-5-7-17(8-6-16)35-23-18(24(31)29-10-2-1-3-22(29)28-23)12-21-25(32)30(26(36)37-21)13-15-4-9-19-20(11-15)34-14-33-19/h1-12H,13-14H2/b21-12+. The first kappa shape index (κ1) is 23.5. The molecule has 11 heteroatoms. The Kier molecular flexibility index (Phi) is 6.07. The van der Waals surface area contributed by atoms with Gasteiger partial charge in [0.2, 0.25) is 12.7 Å². The first-order valence-corrected chi connectivity index (χ1v) is 12.7. The molecule has 6 rings (SSSR count). The van der Waals surface area contributed by atoms with Gasteiger partial charge in [-0.05, 0) is 60.2 Å². The van der Waals surface area contributed by atoms with Crippen LogP contribution in [0.15, 0.2) is 76.6 Å². The van der Waals surface area contributed by atoms with Crippen LogP contribution in [0.2, 0.25) is 5.02 Å². The summed E-state index contributed by atoms with van der Waals surface area (Å²) in [6.45, 7) is 0.417. The van der Waals surface area contributed by atoms with Gasteiger partial charge in [0, 0.05) is 11.2 Å². The number of amides is 1. The number of thioether (sulfide) groups is 1. The summed E-state index contributed by atoms with van der Waals surface area (Å²) in [5.41, 5.74) is 0.989. The molecule has 4 heterocycles. The first-order valence-electron chi connectivity index (χ1n) is 11.0. The number of carbonyl (C=O) groups excluding carboxylic acids is 1. The van der Waals surface area contributed by atoms with Crippen molar-refractivity contribution in [3.8, 4) is 23.1 Å². The Morgan fingerprint density at radius 2 is 1.89 bits per heavy atom. The number of thiocarbonyl (C=S) groups is 1. The number of aromatic nitrogens is 2. The molecule has 0 saturated carbocycles. The molecule has 0 unspecified atom stereocenters. The topological polar surface area (TPSA) is 82.4 Å². The maximum absolute atomic E-state index is 13.4. The molecule has 0 atom stereocenters. The third kappa shape index (κ3) is 4.55. The number of rotatable bonds is 5. The Morgan fingerprint density at radius 1 is 1.08 bits per heavy atom. The van der Waals surface area contributed by atoms with Crippen LogP contribution < -0.4 is 19.8 Å². The van der Waals surface area contributed by atoms with E-state index in [0.29, 0.717) is 37.1 Å². The van der Waals surface area contributed by atoms with E-state index < -0.39 is 0 Å². The molecule has 2 aromatic carbocycles. The SMILES string of the molecule is O=C1/C(=C\c2c(Oc3ccc(Cl)cc3)nc3ccccn3c2=O)SC(=S)N1Cc1ccc2c(c1)OCO2. The summed E-state index contributed by atoms with van der Waals surface area (Å²) < 4.78 is 18.5. The van der Waals surface area contributed by atoms with Crippen LogP contribution in [-0.2, 0) is 11.3 Å². The van der Waals surface area contributed by atoms with Gasteiger partial charge >= 0.3 is 0 Å². The minimum absolute atomic E-state index is 0.0690. The molecular formula is C26H16ClN3O5S2. The highest BCUT2D eigenvalue weighted by Gasteiger charge is 2.33. The first-order chi connectivity index (χ1) is 18.0. The van der Waals surface area contributed by atoms with Gasteiger partial charge in [-0.1, -0.05) is 47.7 Å². The van der Waals surface area contributed by atoms with Crippen LogP contribution in [0.4, 0.5) is 0 Å². The lowest BCUT2D eigenvalue weighted by molar-refractivity contribution is -0.122. The molecule has 2 aliphatic heterocycles. The summed E-state index contributed by atoms with van der Waals surface area (Å²) in [5.74, 6) is 1.48. The van der Waals surface area contributed by atoms with Crippen LogP contribution >= 0.6 is 35.6 Å². The fourth-order valence-electron chi connectivity index (χ4n) is 3.89. The average Bonchev–Trinajstić information content (AvgIpc) is 3.47. The highest BCUT2D eigenvalue weighted by molar-refractivity contribution is 8.26. The lowest BCUT2D eigenvalue weighted by Crippen LogP contribution is -2.27. The van der Waals surface area contributed by atoms with Gasteiger partial charge in [-0.15, -0.1) is 0 Å². The summed E-state index contributed by atoms with van der Waals surface area (Å²) in [7, 11) is 0. The number of carbonyl (C=O) groups is 1. The number of ether oxygens (including phenoxy) is 3. The predicted molar refractivity (Wildman–Crippen MR) is 144 cm³/mol. The second kappa shape index (κ2) is 9.55. The van der Waals surface area contributed by atoms with E-state index in [0.717, 1.165) is 17.3 Å². The highest BCUT2D eigenvalue weighted by atomic mass is 35.5. The number of pyridine rings is 1. The molecule has 4 aromatic rings. The van der Waals surface area contributed by atoms with Crippen molar-refractivity contribution >= 4 is 57.5 Å². The molecule has 1 amide bonds. The molecule has 1 saturated heterocycles. The number of benzene rings is 2. The summed E-state index contributed by atoms with van der Waals surface area (Å²) in [5, 5.41) is 0.547. The Balaban J connectivity index is 1.36. The summed E-state index contributed by atoms with van der Waals surface area (Å²) in [6, 6.07) is 17.4. The van der Waals surface area contributed by atoms with Crippen LogP contribution in [0.3, 0.4) is 0 Å². The molecule has 0 bridgehead atoms. The maximum atomic E-state index is 13.4. The number of fused-ring (bicyclic) bond motifs is 2. The van der Waals surface area contributed by atoms with Gasteiger partial charge in [0.1, 0.15) is 21.3 Å². The monoisotopic (exact) mass is 549 g/mol. The molecule has 1 fully saturated rings. The van der Waals surface area contributed by atoms with Crippen molar-refractivity contribution < 1.29 is 19.0 Å². The second-order valence-electron chi connectivity index (χ2n) is 8.08. The number of hydrogen-bond acceptors (Lipinski definition) is 8. The predicted octanol–water partition coefficient (Wildman–Crippen LogP) is 5.27. The van der Waals surface area contributed by atoms with Crippen molar-refractivity contribution in [1.82, 2.24) is 14.3 Å². The van der Waals surface area contributed by atoms with Gasteiger partial charge < -0.3 is 14.2 Å². The zero-order valence-electron chi connectivity index (χ0n) is 18.9. The zero-order chi connectivity index (χ0) is 25.5. The van der Waals surface area contributed by atoms with Crippen molar-refractivity contribution in [2.75, 3.05) is 6.79 Å². The molecule has 184 valence electrons. The molecule has 2 aromatic heterocycles. The van der Waals surface area contributed by atoms with E-state index >= 15 is 0 Å². The third-order valence-electron chi connectivity index (χ3n) is 5.69. The van der Waals surface area contributed by atoms with Gasteiger partial charge in [0.15, 0.2) is 11.5 Å². The summed E-state index contributed by atoms with van der Waals surface area (Å²) in [6.07, 6.45) is 3.10. The lowest BCUT2D eigenvalue weighted by Gasteiger charge is -2.14. The summed E-state index contributed by atoms with van der Waals surface area (Å²) in [4.78, 5) is 33.1. The third-order valence-corrected chi connectivity index (χ3v) is 7.32. The Morgan fingerprint density at radius 3 is 2.73 bits per heavy atom. The highest BCUT2D eigenvalue weighted by Crippen LogP contribution is 2.37. The van der Waals surface area contributed by atoms with Gasteiger partial charge in [-0.3, -0.25) is 18.9 Å². The molecule has 0 radical (unpaired) electrons. The van der Waals surface area contributed by atoms with Crippen LogP contribution in [0.5, 0.6) is 23.1 Å². The smallest absolute Gasteiger partial charge is 0.269 e. The van der Waals surface area contributed by atoms with Gasteiger partial charge in [-0.2, -0.15) is 4.98 Å². The molecule has 0 aliphatic carbocycles. The molecule has 37 heavy (non-hydrogen) atoms. The van der Waals surface area contributed by atoms with Gasteiger partial charge in [-0.25, -0.2) is 0 Å². The minimum Gasteiger partial charge on any atom is -0.454 e. The number of halogens is 1. The molecule has 8 nitrogen and oxygen atoms in total. The largest absolute Gasteiger partial charge is 0.454 e.